The van der Waals surface area contributed by atoms with Gasteiger partial charge in [-0.15, -0.1) is 0 Å². The fourth-order valence-corrected chi connectivity index (χ4v) is 2.45. The van der Waals surface area contributed by atoms with Gasteiger partial charge in [-0.25, -0.2) is 0 Å². The van der Waals surface area contributed by atoms with Crippen molar-refractivity contribution in [1.29, 1.82) is 0 Å². The second kappa shape index (κ2) is 5.12. The van der Waals surface area contributed by atoms with Crippen LogP contribution in [0.25, 0.3) is 0 Å². The van der Waals surface area contributed by atoms with Gasteiger partial charge in [0.05, 0.1) is 6.10 Å². The van der Waals surface area contributed by atoms with Gasteiger partial charge in [0.15, 0.2) is 0 Å². The molecule has 0 bridgehead atoms. The lowest BCUT2D eigenvalue weighted by molar-refractivity contribution is -0.159. The first-order valence-electron chi connectivity index (χ1n) is 6.66. The Morgan fingerprint density at radius 2 is 1.89 bits per heavy atom. The van der Waals surface area contributed by atoms with Gasteiger partial charge >= 0.3 is 0 Å². The van der Waals surface area contributed by atoms with Gasteiger partial charge in [-0.1, -0.05) is 20.8 Å². The zero-order chi connectivity index (χ0) is 15.0. The van der Waals surface area contributed by atoms with Crippen molar-refractivity contribution in [3.63, 3.8) is 0 Å². The highest BCUT2D eigenvalue weighted by atomic mass is 16.5. The third-order valence-corrected chi connectivity index (χ3v) is 3.47. The molecular formula is C14H26N2O3. The van der Waals surface area contributed by atoms with E-state index in [0.29, 0.717) is 6.54 Å². The number of carbonyl (C=O) groups is 2. The molecule has 1 aliphatic rings. The number of nitrogens with one attached hydrogen (secondary N) is 1. The average molecular weight is 270 g/mol. The Bertz CT molecular complexity index is 371. The standard InChI is InChI=1S/C14H26N2O3/c1-9(19-7)8-16-10(13(2,3)4)11(17)15-14(5,6)12(16)18/h9-10H,8H2,1-7H3,(H,15,17). The molecule has 0 aromatic carbocycles. The summed E-state index contributed by atoms with van der Waals surface area (Å²) >= 11 is 0. The molecule has 1 rings (SSSR count). The number of hydrogen-bond acceptors (Lipinski definition) is 3. The molecular weight excluding hydrogens is 244 g/mol. The fourth-order valence-electron chi connectivity index (χ4n) is 2.45. The largest absolute Gasteiger partial charge is 0.380 e. The summed E-state index contributed by atoms with van der Waals surface area (Å²) in [6, 6.07) is -0.467. The van der Waals surface area contributed by atoms with E-state index in [9.17, 15) is 9.59 Å². The van der Waals surface area contributed by atoms with Crippen molar-refractivity contribution in [2.75, 3.05) is 13.7 Å². The Morgan fingerprint density at radius 3 is 2.32 bits per heavy atom. The van der Waals surface area contributed by atoms with Gasteiger partial charge in [-0.05, 0) is 26.2 Å². The monoisotopic (exact) mass is 270 g/mol. The van der Waals surface area contributed by atoms with E-state index in [2.05, 4.69) is 5.32 Å². The summed E-state index contributed by atoms with van der Waals surface area (Å²) in [7, 11) is 1.61. The van der Waals surface area contributed by atoms with Gasteiger partial charge in [0.1, 0.15) is 11.6 Å². The van der Waals surface area contributed by atoms with Gasteiger partial charge in [-0.3, -0.25) is 9.59 Å². The molecule has 1 fully saturated rings. The highest BCUT2D eigenvalue weighted by molar-refractivity contribution is 5.99. The van der Waals surface area contributed by atoms with E-state index in [0.717, 1.165) is 0 Å². The van der Waals surface area contributed by atoms with Crippen molar-refractivity contribution in [3.05, 3.63) is 0 Å². The van der Waals surface area contributed by atoms with Gasteiger partial charge in [0.25, 0.3) is 0 Å². The smallest absolute Gasteiger partial charge is 0.248 e. The summed E-state index contributed by atoms with van der Waals surface area (Å²) in [6.45, 7) is 11.7. The molecule has 1 saturated heterocycles. The normalized spacial score (nSPS) is 25.2. The molecule has 5 heteroatoms. The number of amides is 2. The fraction of sp³-hybridized carbons (Fsp3) is 0.857. The molecule has 0 radical (unpaired) electrons. The first-order chi connectivity index (χ1) is 8.50. The summed E-state index contributed by atoms with van der Waals surface area (Å²) in [6.07, 6.45) is -0.101. The maximum Gasteiger partial charge on any atom is 0.248 e. The van der Waals surface area contributed by atoms with Crippen molar-refractivity contribution in [3.8, 4) is 0 Å². The summed E-state index contributed by atoms with van der Waals surface area (Å²) in [5.41, 5.74) is -1.17. The van der Waals surface area contributed by atoms with Crippen LogP contribution in [-0.2, 0) is 14.3 Å². The van der Waals surface area contributed by atoms with Crippen LogP contribution in [0.15, 0.2) is 0 Å². The number of nitrogens with zero attached hydrogens (tertiary/aromatic N) is 1. The number of piperazine rings is 1. The molecule has 2 unspecified atom stereocenters. The second-order valence-corrected chi connectivity index (χ2v) is 6.89. The van der Waals surface area contributed by atoms with Crippen molar-refractivity contribution >= 4 is 11.8 Å². The van der Waals surface area contributed by atoms with E-state index in [4.69, 9.17) is 4.74 Å². The molecule has 2 atom stereocenters. The summed E-state index contributed by atoms with van der Waals surface area (Å²) in [5.74, 6) is -0.156. The number of ether oxygens (including phenoxy) is 1. The molecule has 0 saturated carbocycles. The van der Waals surface area contributed by atoms with E-state index in [1.807, 2.05) is 27.7 Å². The molecule has 1 heterocycles. The van der Waals surface area contributed by atoms with Crippen LogP contribution in [-0.4, -0.2) is 48.1 Å². The van der Waals surface area contributed by atoms with Crippen molar-refractivity contribution in [1.82, 2.24) is 10.2 Å². The maximum absolute atomic E-state index is 12.6. The lowest BCUT2D eigenvalue weighted by Gasteiger charge is -2.48. The van der Waals surface area contributed by atoms with E-state index in [-0.39, 0.29) is 23.3 Å². The highest BCUT2D eigenvalue weighted by Gasteiger charge is 2.49. The lowest BCUT2D eigenvalue weighted by atomic mass is 9.81. The summed E-state index contributed by atoms with van der Waals surface area (Å²) in [5, 5.41) is 2.81. The minimum absolute atomic E-state index is 0.0593. The molecule has 0 spiro atoms. The Labute approximate surface area is 115 Å². The van der Waals surface area contributed by atoms with E-state index in [1.54, 1.807) is 25.9 Å². The van der Waals surface area contributed by atoms with Crippen LogP contribution in [0.5, 0.6) is 0 Å². The van der Waals surface area contributed by atoms with Gasteiger partial charge in [-0.2, -0.15) is 0 Å². The van der Waals surface area contributed by atoms with Crippen LogP contribution in [0.2, 0.25) is 0 Å². The molecule has 19 heavy (non-hydrogen) atoms. The van der Waals surface area contributed by atoms with Gasteiger partial charge in [0, 0.05) is 13.7 Å². The third kappa shape index (κ3) is 3.26. The zero-order valence-corrected chi connectivity index (χ0v) is 13.0. The molecule has 1 N–H and O–H groups in total. The number of rotatable bonds is 3. The zero-order valence-electron chi connectivity index (χ0n) is 13.0. The van der Waals surface area contributed by atoms with Crippen molar-refractivity contribution in [2.45, 2.75) is 59.2 Å². The topological polar surface area (TPSA) is 58.6 Å². The van der Waals surface area contributed by atoms with Crippen LogP contribution < -0.4 is 5.32 Å². The molecule has 5 nitrogen and oxygen atoms in total. The Hall–Kier alpha value is -1.10. The molecule has 0 aromatic heterocycles. The first kappa shape index (κ1) is 16.0. The predicted octanol–water partition coefficient (Wildman–Crippen LogP) is 1.17. The van der Waals surface area contributed by atoms with Crippen LogP contribution in [0.3, 0.4) is 0 Å². The average Bonchev–Trinajstić information content (AvgIpc) is 2.22. The highest BCUT2D eigenvalue weighted by Crippen LogP contribution is 2.30. The molecule has 2 amide bonds. The van der Waals surface area contributed by atoms with Crippen molar-refractivity contribution < 1.29 is 14.3 Å². The minimum atomic E-state index is -0.855. The van der Waals surface area contributed by atoms with Crippen LogP contribution >= 0.6 is 0 Å². The Morgan fingerprint density at radius 1 is 1.37 bits per heavy atom. The van der Waals surface area contributed by atoms with E-state index >= 15 is 0 Å². The number of methoxy groups -OCH3 is 1. The van der Waals surface area contributed by atoms with Gasteiger partial charge < -0.3 is 15.0 Å². The minimum Gasteiger partial charge on any atom is -0.380 e. The Kier molecular flexibility index (Phi) is 4.30. The second-order valence-electron chi connectivity index (χ2n) is 6.89. The van der Waals surface area contributed by atoms with Gasteiger partial charge in [0.2, 0.25) is 11.8 Å². The summed E-state index contributed by atoms with van der Waals surface area (Å²) in [4.78, 5) is 26.6. The molecule has 0 aliphatic carbocycles. The van der Waals surface area contributed by atoms with Crippen LogP contribution in [0, 0.1) is 5.41 Å². The molecule has 0 aromatic rings. The summed E-state index contributed by atoms with van der Waals surface area (Å²) < 4.78 is 5.24. The van der Waals surface area contributed by atoms with Crippen molar-refractivity contribution in [2.24, 2.45) is 5.41 Å². The maximum atomic E-state index is 12.6. The van der Waals surface area contributed by atoms with E-state index in [1.165, 1.54) is 0 Å². The quantitative estimate of drug-likeness (QED) is 0.837. The third-order valence-electron chi connectivity index (χ3n) is 3.47. The molecule has 1 aliphatic heterocycles. The lowest BCUT2D eigenvalue weighted by Crippen LogP contribution is -2.71. The Balaban J connectivity index is 3.13. The van der Waals surface area contributed by atoms with E-state index < -0.39 is 11.6 Å². The first-order valence-corrected chi connectivity index (χ1v) is 6.66. The van der Waals surface area contributed by atoms with Crippen LogP contribution in [0.4, 0.5) is 0 Å². The SMILES string of the molecule is COC(C)CN1C(=O)C(C)(C)NC(=O)C1C(C)(C)C. The predicted molar refractivity (Wildman–Crippen MR) is 73.6 cm³/mol. The number of carbonyl (C=O) groups excluding carboxylic acids is 2. The van der Waals surface area contributed by atoms with Crippen LogP contribution in [0.1, 0.15) is 41.5 Å². The molecule has 110 valence electrons. The number of hydrogen-bond donors (Lipinski definition) is 1.